The number of ether oxygens (including phenoxy) is 1. The van der Waals surface area contributed by atoms with E-state index in [1.165, 1.54) is 88.2 Å². The maximum Gasteiger partial charge on any atom is 1.00 e. The fraction of sp³-hybridized carbons (Fsp3) is 0.769. The predicted octanol–water partition coefficient (Wildman–Crippen LogP) is 4.20. The molecule has 0 unspecified atom stereocenters. The van der Waals surface area contributed by atoms with Crippen LogP contribution in [0.25, 0.3) is 0 Å². The smallest absolute Gasteiger partial charge is 0.748 e. The van der Waals surface area contributed by atoms with E-state index in [0.717, 1.165) is 18.6 Å². The van der Waals surface area contributed by atoms with Crippen molar-refractivity contribution in [1.29, 1.82) is 0 Å². The van der Waals surface area contributed by atoms with E-state index in [1.807, 2.05) is 6.07 Å². The van der Waals surface area contributed by atoms with Gasteiger partial charge in [0.15, 0.2) is 0 Å². The van der Waals surface area contributed by atoms with Crippen molar-refractivity contribution in [2.24, 2.45) is 0 Å². The minimum atomic E-state index is -4.12. The molecule has 0 saturated heterocycles. The molecule has 0 aliphatic rings. The average molecular weight is 477 g/mol. The van der Waals surface area contributed by atoms with Crippen LogP contribution in [0.15, 0.2) is 18.2 Å². The summed E-state index contributed by atoms with van der Waals surface area (Å²) in [7, 11) is -4.12. The number of hydrogen-bond donors (Lipinski definition) is 0. The van der Waals surface area contributed by atoms with Crippen molar-refractivity contribution in [2.75, 3.05) is 12.4 Å². The first kappa shape index (κ1) is 31.9. The summed E-state index contributed by atoms with van der Waals surface area (Å²) >= 11 is 0. The Morgan fingerprint density at radius 1 is 0.719 bits per heavy atom. The van der Waals surface area contributed by atoms with Crippen molar-refractivity contribution in [3.63, 3.8) is 0 Å². The quantitative estimate of drug-likeness (QED) is 0.161. The molecule has 180 valence electrons. The fourth-order valence-electron chi connectivity index (χ4n) is 3.93. The van der Waals surface area contributed by atoms with Gasteiger partial charge in [-0.2, -0.15) is 0 Å². The van der Waals surface area contributed by atoms with E-state index >= 15 is 0 Å². The van der Waals surface area contributed by atoms with Crippen molar-refractivity contribution < 1.29 is 47.3 Å². The largest absolute Gasteiger partial charge is 1.00 e. The van der Waals surface area contributed by atoms with E-state index in [4.69, 9.17) is 4.74 Å². The molecule has 0 aromatic heterocycles. The van der Waals surface area contributed by atoms with Gasteiger partial charge in [0.25, 0.3) is 0 Å². The number of rotatable bonds is 20. The Kier molecular flexibility index (Phi) is 20.3. The van der Waals surface area contributed by atoms with Gasteiger partial charge in [0.2, 0.25) is 0 Å². The molecule has 0 fully saturated rings. The van der Waals surface area contributed by atoms with Crippen LogP contribution >= 0.6 is 0 Å². The fourth-order valence-corrected chi connectivity index (χ4v) is 4.49. The van der Waals surface area contributed by atoms with Crippen LogP contribution in [-0.2, 0) is 23.0 Å². The molecule has 1 aromatic carbocycles. The van der Waals surface area contributed by atoms with Crippen molar-refractivity contribution >= 4 is 10.1 Å². The van der Waals surface area contributed by atoms with Crippen molar-refractivity contribution in [3.05, 3.63) is 29.3 Å². The molecular weight excluding hydrogens is 431 g/mol. The first-order valence-electron chi connectivity index (χ1n) is 12.6. The van der Waals surface area contributed by atoms with Crippen molar-refractivity contribution in [2.45, 2.75) is 117 Å². The molecule has 1 aromatic rings. The molecule has 4 nitrogen and oxygen atoms in total. The van der Waals surface area contributed by atoms with E-state index < -0.39 is 10.1 Å². The normalized spacial score (nSPS) is 11.3. The van der Waals surface area contributed by atoms with Crippen LogP contribution in [0, 0.1) is 0 Å². The molecule has 0 bridgehead atoms. The van der Waals surface area contributed by atoms with Gasteiger partial charge in [0, 0.05) is 5.75 Å². The number of benzene rings is 1. The summed E-state index contributed by atoms with van der Waals surface area (Å²) in [4.78, 5) is 0. The molecule has 0 saturated carbocycles. The Balaban J connectivity index is 0.00000961. The van der Waals surface area contributed by atoms with Gasteiger partial charge in [0.1, 0.15) is 5.75 Å². The van der Waals surface area contributed by atoms with Gasteiger partial charge in [-0.1, -0.05) is 84.1 Å². The molecule has 0 atom stereocenters. The van der Waals surface area contributed by atoms with E-state index in [-0.39, 0.29) is 35.3 Å². The average Bonchev–Trinajstić information content (AvgIpc) is 2.73. The predicted molar refractivity (Wildman–Crippen MR) is 130 cm³/mol. The summed E-state index contributed by atoms with van der Waals surface area (Å²) in [5, 5.41) is 0. The zero-order valence-corrected chi connectivity index (χ0v) is 23.8. The SMILES string of the molecule is CCCCCCCCc1ccc(OCCCCS(=O)(=O)[O-])cc1CCCCCCCC.[Na+]. The van der Waals surface area contributed by atoms with Crippen LogP contribution in [0.3, 0.4) is 0 Å². The van der Waals surface area contributed by atoms with Gasteiger partial charge in [-0.25, -0.2) is 8.42 Å². The maximum absolute atomic E-state index is 10.7. The Morgan fingerprint density at radius 2 is 1.25 bits per heavy atom. The zero-order chi connectivity index (χ0) is 22.8. The van der Waals surface area contributed by atoms with Gasteiger partial charge in [0.05, 0.1) is 16.7 Å². The van der Waals surface area contributed by atoms with E-state index in [0.29, 0.717) is 19.4 Å². The van der Waals surface area contributed by atoms with Crippen LogP contribution in [0.2, 0.25) is 0 Å². The van der Waals surface area contributed by atoms with Crippen LogP contribution < -0.4 is 34.3 Å². The number of hydrogen-bond acceptors (Lipinski definition) is 4. The molecule has 6 heteroatoms. The van der Waals surface area contributed by atoms with Gasteiger partial charge in [-0.3, -0.25) is 0 Å². The van der Waals surface area contributed by atoms with Crippen LogP contribution in [0.4, 0.5) is 0 Å². The summed E-state index contributed by atoms with van der Waals surface area (Å²) in [6, 6.07) is 6.44. The van der Waals surface area contributed by atoms with Crippen molar-refractivity contribution in [1.82, 2.24) is 0 Å². The summed E-state index contributed by atoms with van der Waals surface area (Å²) < 4.78 is 37.9. The standard InChI is InChI=1S/C26H46O4S.Na/c1-3-5-7-9-11-13-17-24-19-20-26(30-21-15-16-22-31(27,28)29)23-25(24)18-14-12-10-8-6-4-2;/h19-20,23H,3-18,21-22H2,1-2H3,(H,27,28,29);/q;+1/p-1. The molecule has 0 heterocycles. The molecule has 1 rings (SSSR count). The summed E-state index contributed by atoms with van der Waals surface area (Å²) in [6.07, 6.45) is 18.8. The summed E-state index contributed by atoms with van der Waals surface area (Å²) in [5.74, 6) is 0.550. The first-order valence-corrected chi connectivity index (χ1v) is 14.2. The van der Waals surface area contributed by atoms with Gasteiger partial charge < -0.3 is 9.29 Å². The van der Waals surface area contributed by atoms with E-state index in [1.54, 1.807) is 0 Å². The van der Waals surface area contributed by atoms with Crippen LogP contribution in [-0.4, -0.2) is 25.3 Å². The number of unbranched alkanes of at least 4 members (excludes halogenated alkanes) is 11. The molecule has 0 radical (unpaired) electrons. The monoisotopic (exact) mass is 476 g/mol. The van der Waals surface area contributed by atoms with E-state index in [9.17, 15) is 13.0 Å². The molecule has 0 aliphatic carbocycles. The Hall–Kier alpha value is -0.0700. The van der Waals surface area contributed by atoms with Gasteiger partial charge >= 0.3 is 29.6 Å². The Labute approximate surface area is 220 Å². The maximum atomic E-state index is 10.7. The second-order valence-electron chi connectivity index (χ2n) is 8.78. The Morgan fingerprint density at radius 3 is 1.81 bits per heavy atom. The third-order valence-electron chi connectivity index (χ3n) is 5.83. The van der Waals surface area contributed by atoms with Crippen molar-refractivity contribution in [3.8, 4) is 5.75 Å². The topological polar surface area (TPSA) is 66.4 Å². The van der Waals surface area contributed by atoms with Gasteiger partial charge in [-0.15, -0.1) is 0 Å². The third kappa shape index (κ3) is 17.4. The second kappa shape index (κ2) is 20.3. The molecule has 0 N–H and O–H groups in total. The zero-order valence-electron chi connectivity index (χ0n) is 21.0. The summed E-state index contributed by atoms with van der Waals surface area (Å²) in [6.45, 7) is 4.95. The molecular formula is C26H45NaO4S. The second-order valence-corrected chi connectivity index (χ2v) is 10.3. The molecule has 32 heavy (non-hydrogen) atoms. The third-order valence-corrected chi connectivity index (χ3v) is 6.62. The minimum absolute atomic E-state index is 0. The summed E-state index contributed by atoms with van der Waals surface area (Å²) in [5.41, 5.74) is 2.86. The minimum Gasteiger partial charge on any atom is -0.748 e. The Bertz CT molecular complexity index is 676. The van der Waals surface area contributed by atoms with Crippen LogP contribution in [0.5, 0.6) is 5.75 Å². The molecule has 0 aliphatic heterocycles. The number of aryl methyl sites for hydroxylation is 2. The first-order chi connectivity index (χ1) is 15.0. The van der Waals surface area contributed by atoms with E-state index in [2.05, 4.69) is 26.0 Å². The molecule has 0 spiro atoms. The van der Waals surface area contributed by atoms with Gasteiger partial charge in [-0.05, 0) is 61.8 Å². The van der Waals surface area contributed by atoms with Crippen LogP contribution in [0.1, 0.15) is 115 Å². The molecule has 0 amide bonds.